The van der Waals surface area contributed by atoms with Gasteiger partial charge in [0.15, 0.2) is 0 Å². The van der Waals surface area contributed by atoms with E-state index in [9.17, 15) is 19.2 Å². The van der Waals surface area contributed by atoms with Crippen molar-refractivity contribution in [1.29, 1.82) is 0 Å². The van der Waals surface area contributed by atoms with Gasteiger partial charge in [0.2, 0.25) is 11.8 Å². The van der Waals surface area contributed by atoms with Gasteiger partial charge in [-0.05, 0) is 91.1 Å². The van der Waals surface area contributed by atoms with Crippen LogP contribution in [0.15, 0.2) is 60.8 Å². The van der Waals surface area contributed by atoms with Crippen molar-refractivity contribution in [1.82, 2.24) is 20.4 Å². The van der Waals surface area contributed by atoms with Crippen molar-refractivity contribution in [3.8, 4) is 0 Å². The number of nitrogens with one attached hydrogen (secondary N) is 2. The number of likely N-dealkylation sites (N-methyl/N-ethyl adjacent to an activating group) is 1. The Morgan fingerprint density at radius 1 is 0.483 bits per heavy atom. The first-order valence-corrected chi connectivity index (χ1v) is 23.8. The van der Waals surface area contributed by atoms with Crippen molar-refractivity contribution in [2.24, 2.45) is 0 Å². The highest BCUT2D eigenvalue weighted by atomic mass is 16.5. The SMILES string of the molecule is CCCCC/C=C\C/C=C\CCCCCCCC(=O)OCCN(CCOC(=O)CCCCCCC/C=C\C/C=C\CCCCC)C(=O)C=CC(=O)NCCNCCN(C)C. The summed E-state index contributed by atoms with van der Waals surface area (Å²) in [6, 6.07) is 0. The average molecular weight is 841 g/mol. The van der Waals surface area contributed by atoms with Crippen LogP contribution >= 0.6 is 0 Å². The van der Waals surface area contributed by atoms with Gasteiger partial charge in [0.1, 0.15) is 13.2 Å². The predicted octanol–water partition coefficient (Wildman–Crippen LogP) is 10.4. The van der Waals surface area contributed by atoms with Gasteiger partial charge in [0.25, 0.3) is 0 Å². The van der Waals surface area contributed by atoms with Crippen LogP contribution in [-0.2, 0) is 28.7 Å². The zero-order valence-corrected chi connectivity index (χ0v) is 38.7. The highest BCUT2D eigenvalue weighted by Gasteiger charge is 2.14. The molecule has 0 aliphatic carbocycles. The molecule has 0 saturated heterocycles. The normalized spacial score (nSPS) is 11.9. The Hall–Kier alpha value is -3.50. The van der Waals surface area contributed by atoms with Crippen molar-refractivity contribution in [3.63, 3.8) is 0 Å². The Labute approximate surface area is 367 Å². The minimum absolute atomic E-state index is 0.0312. The number of unbranched alkanes of at least 4 members (excludes halogenated alkanes) is 16. The second-order valence-corrected chi connectivity index (χ2v) is 15.9. The maximum Gasteiger partial charge on any atom is 0.305 e. The molecule has 0 aromatic rings. The van der Waals surface area contributed by atoms with Crippen molar-refractivity contribution < 1.29 is 28.7 Å². The van der Waals surface area contributed by atoms with Crippen LogP contribution in [0.2, 0.25) is 0 Å². The third kappa shape index (κ3) is 42.6. The summed E-state index contributed by atoms with van der Waals surface area (Å²) in [5.41, 5.74) is 0. The smallest absolute Gasteiger partial charge is 0.305 e. The van der Waals surface area contributed by atoms with E-state index in [2.05, 4.69) is 78.0 Å². The third-order valence-electron chi connectivity index (χ3n) is 9.94. The van der Waals surface area contributed by atoms with Crippen LogP contribution in [0.1, 0.15) is 168 Å². The summed E-state index contributed by atoms with van der Waals surface area (Å²) in [7, 11) is 4.00. The van der Waals surface area contributed by atoms with Gasteiger partial charge in [-0.3, -0.25) is 19.2 Å². The third-order valence-corrected chi connectivity index (χ3v) is 9.94. The number of rotatable bonds is 42. The number of carbonyl (C=O) groups is 4. The lowest BCUT2D eigenvalue weighted by atomic mass is 10.1. The molecule has 0 aromatic heterocycles. The minimum Gasteiger partial charge on any atom is -0.464 e. The Kier molecular flexibility index (Phi) is 42.4. The number of hydrogen-bond donors (Lipinski definition) is 2. The van der Waals surface area contributed by atoms with E-state index in [1.165, 1.54) is 68.4 Å². The van der Waals surface area contributed by atoms with Crippen molar-refractivity contribution in [2.45, 2.75) is 168 Å². The first-order chi connectivity index (χ1) is 29.3. The lowest BCUT2D eigenvalue weighted by Crippen LogP contribution is -2.37. The van der Waals surface area contributed by atoms with E-state index in [0.717, 1.165) is 103 Å². The van der Waals surface area contributed by atoms with Crippen LogP contribution in [0.3, 0.4) is 0 Å². The van der Waals surface area contributed by atoms with Gasteiger partial charge in [0, 0.05) is 51.2 Å². The zero-order valence-electron chi connectivity index (χ0n) is 38.7. The first kappa shape index (κ1) is 56.5. The van der Waals surface area contributed by atoms with Gasteiger partial charge in [-0.2, -0.15) is 0 Å². The molecule has 0 aliphatic heterocycles. The molecule has 0 atom stereocenters. The quantitative estimate of drug-likeness (QED) is 0.0270. The summed E-state index contributed by atoms with van der Waals surface area (Å²) in [5.74, 6) is -1.36. The molecule has 0 spiro atoms. The second kappa shape index (κ2) is 45.0. The molecule has 344 valence electrons. The topological polar surface area (TPSA) is 117 Å². The Balaban J connectivity index is 4.49. The van der Waals surface area contributed by atoms with Gasteiger partial charge in [-0.15, -0.1) is 0 Å². The highest BCUT2D eigenvalue weighted by Crippen LogP contribution is 2.11. The fourth-order valence-electron chi connectivity index (χ4n) is 6.19. The zero-order chi connectivity index (χ0) is 44.0. The summed E-state index contributed by atoms with van der Waals surface area (Å²) >= 11 is 0. The van der Waals surface area contributed by atoms with Gasteiger partial charge in [0.05, 0.1) is 13.1 Å². The molecule has 0 rings (SSSR count). The minimum atomic E-state index is -0.413. The van der Waals surface area contributed by atoms with Gasteiger partial charge >= 0.3 is 11.9 Å². The molecular formula is C50H88N4O6. The highest BCUT2D eigenvalue weighted by molar-refractivity contribution is 5.96. The van der Waals surface area contributed by atoms with E-state index < -0.39 is 5.91 Å². The number of carbonyl (C=O) groups excluding carboxylic acids is 4. The molecule has 0 aromatic carbocycles. The number of amides is 2. The van der Waals surface area contributed by atoms with E-state index >= 15 is 0 Å². The summed E-state index contributed by atoms with van der Waals surface area (Å²) < 4.78 is 10.9. The monoisotopic (exact) mass is 841 g/mol. The molecule has 0 unspecified atom stereocenters. The maximum absolute atomic E-state index is 13.1. The Morgan fingerprint density at radius 3 is 1.37 bits per heavy atom. The van der Waals surface area contributed by atoms with Gasteiger partial charge in [-0.25, -0.2) is 0 Å². The van der Waals surface area contributed by atoms with Crippen LogP contribution in [0, 0.1) is 0 Å². The summed E-state index contributed by atoms with van der Waals surface area (Å²) in [4.78, 5) is 53.8. The largest absolute Gasteiger partial charge is 0.464 e. The summed E-state index contributed by atoms with van der Waals surface area (Å²) in [6.07, 6.45) is 45.7. The molecule has 0 fully saturated rings. The molecule has 2 amide bonds. The molecule has 0 radical (unpaired) electrons. The van der Waals surface area contributed by atoms with Gasteiger partial charge in [-0.1, -0.05) is 127 Å². The van der Waals surface area contributed by atoms with Crippen molar-refractivity contribution >= 4 is 23.8 Å². The Bertz CT molecular complexity index is 1130. The van der Waals surface area contributed by atoms with E-state index in [0.29, 0.717) is 25.9 Å². The predicted molar refractivity (Wildman–Crippen MR) is 251 cm³/mol. The average Bonchev–Trinajstić information content (AvgIpc) is 3.23. The van der Waals surface area contributed by atoms with Crippen LogP contribution in [0.4, 0.5) is 0 Å². The standard InChI is InChI=1S/C50H88N4O6/c1-5-7-9-11-13-15-17-19-21-23-25-27-29-31-33-35-49(57)59-45-43-54(48(56)38-37-47(55)52-40-39-51-41-42-53(3)4)44-46-60-50(58)36-34-32-30-28-26-24-22-20-18-16-14-12-10-8-6-2/h13-16,19-22,37-38,51H,5-12,17-18,23-36,39-46H2,1-4H3,(H,52,55)/b15-13-,16-14-,21-19-,22-20-,38-37?. The number of hydrogen-bond acceptors (Lipinski definition) is 8. The number of esters is 2. The molecule has 0 bridgehead atoms. The molecule has 10 heteroatoms. The number of allylic oxidation sites excluding steroid dienone is 8. The first-order valence-electron chi connectivity index (χ1n) is 23.8. The van der Waals surface area contributed by atoms with E-state index in [4.69, 9.17) is 9.47 Å². The number of nitrogens with zero attached hydrogens (tertiary/aromatic N) is 2. The molecule has 10 nitrogen and oxygen atoms in total. The summed E-state index contributed by atoms with van der Waals surface area (Å²) in [5, 5.41) is 6.02. The van der Waals surface area contributed by atoms with Gasteiger partial charge < -0.3 is 29.9 Å². The molecule has 0 heterocycles. The lowest BCUT2D eigenvalue weighted by molar-refractivity contribution is -0.146. The van der Waals surface area contributed by atoms with E-state index in [-0.39, 0.29) is 44.1 Å². The lowest BCUT2D eigenvalue weighted by Gasteiger charge is -2.21. The van der Waals surface area contributed by atoms with E-state index in [1.807, 2.05) is 14.1 Å². The molecule has 2 N–H and O–H groups in total. The van der Waals surface area contributed by atoms with Crippen molar-refractivity contribution in [3.05, 3.63) is 60.8 Å². The molecular weight excluding hydrogens is 753 g/mol. The van der Waals surface area contributed by atoms with E-state index in [1.54, 1.807) is 0 Å². The molecule has 0 saturated carbocycles. The fraction of sp³-hybridized carbons (Fsp3) is 0.720. The Morgan fingerprint density at radius 2 is 0.917 bits per heavy atom. The molecule has 0 aliphatic rings. The second-order valence-electron chi connectivity index (χ2n) is 15.9. The molecule has 60 heavy (non-hydrogen) atoms. The number of ether oxygens (including phenoxy) is 2. The van der Waals surface area contributed by atoms with Crippen LogP contribution in [0.5, 0.6) is 0 Å². The van der Waals surface area contributed by atoms with Crippen LogP contribution in [0.25, 0.3) is 0 Å². The fourth-order valence-corrected chi connectivity index (χ4v) is 6.19. The summed E-state index contributed by atoms with van der Waals surface area (Å²) in [6.45, 7) is 7.56. The van der Waals surface area contributed by atoms with Crippen LogP contribution in [-0.4, -0.2) is 100 Å². The van der Waals surface area contributed by atoms with Crippen LogP contribution < -0.4 is 10.6 Å². The maximum atomic E-state index is 13.1. The van der Waals surface area contributed by atoms with Crippen molar-refractivity contribution in [2.75, 3.05) is 66.6 Å².